The molecule has 0 radical (unpaired) electrons. The van der Waals surface area contributed by atoms with Gasteiger partial charge in [0, 0.05) is 18.6 Å². The van der Waals surface area contributed by atoms with E-state index in [0.717, 1.165) is 13.1 Å². The minimum absolute atomic E-state index is 0.0930. The van der Waals surface area contributed by atoms with Gasteiger partial charge in [0.25, 0.3) is 0 Å². The van der Waals surface area contributed by atoms with Gasteiger partial charge in [-0.3, -0.25) is 9.69 Å². The summed E-state index contributed by atoms with van der Waals surface area (Å²) >= 11 is 0. The van der Waals surface area contributed by atoms with E-state index in [9.17, 15) is 4.79 Å². The van der Waals surface area contributed by atoms with Crippen molar-refractivity contribution >= 4 is 5.97 Å². The van der Waals surface area contributed by atoms with Crippen LogP contribution in [0.25, 0.3) is 0 Å². The lowest BCUT2D eigenvalue weighted by atomic mass is 10.0. The van der Waals surface area contributed by atoms with E-state index in [1.807, 2.05) is 6.92 Å². The molecular weight excluding hydrogens is 216 g/mol. The van der Waals surface area contributed by atoms with Gasteiger partial charge in [0.15, 0.2) is 0 Å². The van der Waals surface area contributed by atoms with Gasteiger partial charge in [-0.25, -0.2) is 0 Å². The first kappa shape index (κ1) is 16.4. The molecule has 0 amide bonds. The Labute approximate surface area is 106 Å². The van der Waals surface area contributed by atoms with Gasteiger partial charge in [-0.05, 0) is 34.5 Å². The summed E-state index contributed by atoms with van der Waals surface area (Å²) in [5.74, 6) is -0.224. The topological polar surface area (TPSA) is 32.8 Å². The Morgan fingerprint density at radius 2 is 1.76 bits per heavy atom. The van der Waals surface area contributed by atoms with E-state index in [-0.39, 0.29) is 17.9 Å². The zero-order valence-electron chi connectivity index (χ0n) is 12.4. The molecule has 0 saturated carbocycles. The normalized spacial score (nSPS) is 17.0. The Balaban J connectivity index is 4.58. The molecule has 0 heterocycles. The summed E-state index contributed by atoms with van der Waals surface area (Å²) in [6.45, 7) is 10.3. The van der Waals surface area contributed by atoms with Crippen LogP contribution in [0.3, 0.4) is 0 Å². The Kier molecular flexibility index (Phi) is 7.39. The van der Waals surface area contributed by atoms with E-state index in [0.29, 0.717) is 6.04 Å². The zero-order chi connectivity index (χ0) is 13.6. The minimum atomic E-state index is -0.131. The minimum Gasteiger partial charge on any atom is -0.469 e. The van der Waals surface area contributed by atoms with E-state index in [1.54, 1.807) is 0 Å². The quantitative estimate of drug-likeness (QED) is 0.635. The standard InChI is InChI=1S/C13H28N2O2/c1-8-15(10(2)9-14(5)6)12(4)11(3)13(16)17-7/h10-12H,8-9H2,1-7H3. The summed E-state index contributed by atoms with van der Waals surface area (Å²) in [4.78, 5) is 16.1. The van der Waals surface area contributed by atoms with Crippen LogP contribution < -0.4 is 0 Å². The third-order valence-electron chi connectivity index (χ3n) is 3.38. The molecule has 102 valence electrons. The third-order valence-corrected chi connectivity index (χ3v) is 3.38. The van der Waals surface area contributed by atoms with Gasteiger partial charge in [-0.15, -0.1) is 0 Å². The highest BCUT2D eigenvalue weighted by atomic mass is 16.5. The highest BCUT2D eigenvalue weighted by Gasteiger charge is 2.28. The summed E-state index contributed by atoms with van der Waals surface area (Å²) in [5.41, 5.74) is 0. The third kappa shape index (κ3) is 5.04. The van der Waals surface area contributed by atoms with Crippen molar-refractivity contribution in [2.45, 2.75) is 39.8 Å². The van der Waals surface area contributed by atoms with E-state index in [1.165, 1.54) is 7.11 Å². The van der Waals surface area contributed by atoms with Gasteiger partial charge in [0.05, 0.1) is 13.0 Å². The molecule has 0 aliphatic heterocycles. The number of esters is 1. The van der Waals surface area contributed by atoms with Gasteiger partial charge in [-0.1, -0.05) is 13.8 Å². The van der Waals surface area contributed by atoms with Gasteiger partial charge >= 0.3 is 5.97 Å². The van der Waals surface area contributed by atoms with E-state index >= 15 is 0 Å². The SMILES string of the molecule is CCN(C(C)CN(C)C)C(C)C(C)C(=O)OC. The zero-order valence-corrected chi connectivity index (χ0v) is 12.4. The number of hydrogen-bond donors (Lipinski definition) is 0. The number of rotatable bonds is 7. The molecule has 3 unspecified atom stereocenters. The number of ether oxygens (including phenoxy) is 1. The smallest absolute Gasteiger partial charge is 0.309 e. The molecule has 0 bridgehead atoms. The van der Waals surface area contributed by atoms with Crippen LogP contribution in [0.1, 0.15) is 27.7 Å². The van der Waals surface area contributed by atoms with E-state index in [4.69, 9.17) is 4.74 Å². The lowest BCUT2D eigenvalue weighted by Gasteiger charge is -2.37. The first-order valence-electron chi connectivity index (χ1n) is 6.33. The summed E-state index contributed by atoms with van der Waals surface area (Å²) in [7, 11) is 5.59. The van der Waals surface area contributed by atoms with Crippen LogP contribution >= 0.6 is 0 Å². The molecule has 0 aliphatic rings. The highest BCUT2D eigenvalue weighted by molar-refractivity contribution is 5.72. The van der Waals surface area contributed by atoms with E-state index in [2.05, 4.69) is 44.7 Å². The van der Waals surface area contributed by atoms with Gasteiger partial charge in [0.2, 0.25) is 0 Å². The molecule has 0 aromatic carbocycles. The molecule has 3 atom stereocenters. The second-order valence-corrected chi connectivity index (χ2v) is 4.99. The van der Waals surface area contributed by atoms with Gasteiger partial charge in [0.1, 0.15) is 0 Å². The number of carbonyl (C=O) groups excluding carboxylic acids is 1. The average molecular weight is 244 g/mol. The van der Waals surface area contributed by atoms with Crippen LogP contribution in [-0.4, -0.2) is 62.1 Å². The fraction of sp³-hybridized carbons (Fsp3) is 0.923. The van der Waals surface area contributed by atoms with Crippen LogP contribution in [0.15, 0.2) is 0 Å². The van der Waals surface area contributed by atoms with Crippen molar-refractivity contribution in [1.82, 2.24) is 9.80 Å². The maximum atomic E-state index is 11.6. The summed E-state index contributed by atoms with van der Waals surface area (Å²) in [5, 5.41) is 0. The maximum Gasteiger partial charge on any atom is 0.309 e. The molecule has 0 aromatic rings. The fourth-order valence-corrected chi connectivity index (χ4v) is 2.30. The Morgan fingerprint density at radius 3 is 2.12 bits per heavy atom. The lowest BCUT2D eigenvalue weighted by molar-refractivity contribution is -0.147. The van der Waals surface area contributed by atoms with Crippen LogP contribution in [-0.2, 0) is 9.53 Å². The second kappa shape index (κ2) is 7.67. The number of nitrogens with zero attached hydrogens (tertiary/aromatic N) is 2. The van der Waals surface area contributed by atoms with Gasteiger partial charge < -0.3 is 9.64 Å². The molecule has 17 heavy (non-hydrogen) atoms. The molecule has 0 aromatic heterocycles. The lowest BCUT2D eigenvalue weighted by Crippen LogP contribution is -2.48. The van der Waals surface area contributed by atoms with Crippen LogP contribution in [0, 0.1) is 5.92 Å². The molecule has 4 nitrogen and oxygen atoms in total. The Hall–Kier alpha value is -0.610. The first-order chi connectivity index (χ1) is 7.84. The number of likely N-dealkylation sites (N-methyl/N-ethyl adjacent to an activating group) is 2. The average Bonchev–Trinajstić information content (AvgIpc) is 2.26. The fourth-order valence-electron chi connectivity index (χ4n) is 2.30. The second-order valence-electron chi connectivity index (χ2n) is 4.99. The van der Waals surface area contributed by atoms with Crippen LogP contribution in [0.4, 0.5) is 0 Å². The van der Waals surface area contributed by atoms with Crippen molar-refractivity contribution in [2.24, 2.45) is 5.92 Å². The molecule has 4 heteroatoms. The molecule has 0 aliphatic carbocycles. The van der Waals surface area contributed by atoms with Crippen LogP contribution in [0.5, 0.6) is 0 Å². The number of methoxy groups -OCH3 is 1. The van der Waals surface area contributed by atoms with Crippen LogP contribution in [0.2, 0.25) is 0 Å². The first-order valence-corrected chi connectivity index (χ1v) is 6.33. The number of hydrogen-bond acceptors (Lipinski definition) is 4. The van der Waals surface area contributed by atoms with Crippen molar-refractivity contribution < 1.29 is 9.53 Å². The maximum absolute atomic E-state index is 11.6. The van der Waals surface area contributed by atoms with Gasteiger partial charge in [-0.2, -0.15) is 0 Å². The largest absolute Gasteiger partial charge is 0.469 e. The van der Waals surface area contributed by atoms with Crippen molar-refractivity contribution in [1.29, 1.82) is 0 Å². The van der Waals surface area contributed by atoms with Crippen molar-refractivity contribution in [3.63, 3.8) is 0 Å². The molecular formula is C13H28N2O2. The van der Waals surface area contributed by atoms with Crippen molar-refractivity contribution in [2.75, 3.05) is 34.3 Å². The highest BCUT2D eigenvalue weighted by Crippen LogP contribution is 2.15. The van der Waals surface area contributed by atoms with Crippen molar-refractivity contribution in [3.05, 3.63) is 0 Å². The molecule has 0 fully saturated rings. The molecule has 0 saturated heterocycles. The summed E-state index contributed by atoms with van der Waals surface area (Å²) in [6.07, 6.45) is 0. The Morgan fingerprint density at radius 1 is 1.24 bits per heavy atom. The molecule has 0 N–H and O–H groups in total. The number of carbonyl (C=O) groups is 1. The van der Waals surface area contributed by atoms with Crippen molar-refractivity contribution in [3.8, 4) is 0 Å². The monoisotopic (exact) mass is 244 g/mol. The predicted molar refractivity (Wildman–Crippen MR) is 71.0 cm³/mol. The molecule has 0 rings (SSSR count). The Bertz CT molecular complexity index is 231. The van der Waals surface area contributed by atoms with E-state index < -0.39 is 0 Å². The summed E-state index contributed by atoms with van der Waals surface area (Å²) < 4.78 is 4.81. The molecule has 0 spiro atoms. The summed E-state index contributed by atoms with van der Waals surface area (Å²) in [6, 6.07) is 0.625. The predicted octanol–water partition coefficient (Wildman–Crippen LogP) is 1.46.